The smallest absolute Gasteiger partial charge is 0.338 e. The van der Waals surface area contributed by atoms with Crippen LogP contribution in [-0.4, -0.2) is 48.8 Å². The lowest BCUT2D eigenvalue weighted by Crippen LogP contribution is -2.31. The van der Waals surface area contributed by atoms with Gasteiger partial charge in [0.25, 0.3) is 5.91 Å². The number of halogens is 2. The molecule has 30 heavy (non-hydrogen) atoms. The molecule has 1 N–H and O–H groups in total. The highest BCUT2D eigenvalue weighted by Gasteiger charge is 2.24. The Kier molecular flexibility index (Phi) is 8.19. The van der Waals surface area contributed by atoms with Gasteiger partial charge in [-0.3, -0.25) is 4.79 Å². The van der Waals surface area contributed by atoms with Gasteiger partial charge in [-0.15, -0.1) is 0 Å². The van der Waals surface area contributed by atoms with E-state index in [2.05, 4.69) is 10.3 Å². The Balaban J connectivity index is 2.13. The number of anilines is 1. The number of aromatic nitrogens is 1. The van der Waals surface area contributed by atoms with E-state index in [-0.39, 0.29) is 21.3 Å². The number of pyridine rings is 1. The van der Waals surface area contributed by atoms with Crippen molar-refractivity contribution in [3.63, 3.8) is 0 Å². The van der Waals surface area contributed by atoms with E-state index in [0.29, 0.717) is 18.1 Å². The molecule has 0 fully saturated rings. The molecule has 2 aromatic rings. The lowest BCUT2D eigenvalue weighted by molar-refractivity contribution is -0.123. The van der Waals surface area contributed by atoms with Gasteiger partial charge in [0.15, 0.2) is 11.9 Å². The molecule has 1 unspecified atom stereocenters. The summed E-state index contributed by atoms with van der Waals surface area (Å²) in [6.45, 7) is 5.41. The molecular weight excluding hydrogens is 453 g/mol. The number of carbonyl (C=O) groups excluding carboxylic acids is 2. The lowest BCUT2D eigenvalue weighted by atomic mass is 10.2. The molecule has 8 nitrogen and oxygen atoms in total. The zero-order valence-electron chi connectivity index (χ0n) is 16.6. The average Bonchev–Trinajstić information content (AvgIpc) is 2.70. The zero-order valence-corrected chi connectivity index (χ0v) is 18.9. The van der Waals surface area contributed by atoms with Crippen LogP contribution >= 0.6 is 23.2 Å². The average molecular weight is 474 g/mol. The number of hydrogen-bond donors (Lipinski definition) is 1. The summed E-state index contributed by atoms with van der Waals surface area (Å²) in [5.41, 5.74) is 0.00512. The minimum Gasteiger partial charge on any atom is -0.449 e. The third-order valence-electron chi connectivity index (χ3n) is 4.12. The molecule has 0 saturated carbocycles. The van der Waals surface area contributed by atoms with E-state index in [4.69, 9.17) is 27.9 Å². The number of amides is 1. The van der Waals surface area contributed by atoms with Crippen LogP contribution in [0.25, 0.3) is 0 Å². The van der Waals surface area contributed by atoms with Crippen LogP contribution in [0.15, 0.2) is 41.4 Å². The second-order valence-corrected chi connectivity index (χ2v) is 8.92. The molecule has 2 rings (SSSR count). The second-order valence-electron chi connectivity index (χ2n) is 6.14. The fourth-order valence-corrected chi connectivity index (χ4v) is 4.43. The minimum absolute atomic E-state index is 0.00512. The maximum atomic E-state index is 12.6. The van der Waals surface area contributed by atoms with Crippen LogP contribution in [0.1, 0.15) is 31.1 Å². The summed E-state index contributed by atoms with van der Waals surface area (Å²) in [4.78, 5) is 28.6. The van der Waals surface area contributed by atoms with Crippen LogP contribution in [0.5, 0.6) is 0 Å². The molecule has 0 aliphatic heterocycles. The van der Waals surface area contributed by atoms with Crippen molar-refractivity contribution in [2.45, 2.75) is 31.8 Å². The van der Waals surface area contributed by atoms with Gasteiger partial charge in [-0.05, 0) is 31.2 Å². The number of nitrogens with one attached hydrogen (secondary N) is 1. The first-order valence-electron chi connectivity index (χ1n) is 9.03. The molecule has 1 aromatic heterocycles. The molecule has 0 saturated heterocycles. The molecule has 0 bridgehead atoms. The van der Waals surface area contributed by atoms with Gasteiger partial charge in [0.1, 0.15) is 0 Å². The van der Waals surface area contributed by atoms with E-state index in [1.807, 2.05) is 0 Å². The highest BCUT2D eigenvalue weighted by molar-refractivity contribution is 7.89. The SMILES string of the molecule is CCN(CC)S(=O)(=O)c1cccc(C(=O)OC(C)C(=O)Nc2ncc(Cl)cc2Cl)c1. The van der Waals surface area contributed by atoms with Crippen molar-refractivity contribution in [1.82, 2.24) is 9.29 Å². The Morgan fingerprint density at radius 3 is 2.47 bits per heavy atom. The van der Waals surface area contributed by atoms with Crippen molar-refractivity contribution < 1.29 is 22.7 Å². The van der Waals surface area contributed by atoms with Gasteiger partial charge in [0.2, 0.25) is 10.0 Å². The monoisotopic (exact) mass is 473 g/mol. The predicted molar refractivity (Wildman–Crippen MR) is 114 cm³/mol. The van der Waals surface area contributed by atoms with Crippen LogP contribution in [0.3, 0.4) is 0 Å². The van der Waals surface area contributed by atoms with Crippen molar-refractivity contribution in [3.05, 3.63) is 52.1 Å². The fourth-order valence-electron chi connectivity index (χ4n) is 2.50. The standard InChI is InChI=1S/C19H21Cl2N3O5S/c1-4-24(5-2)30(27,28)15-8-6-7-13(9-15)19(26)29-12(3)18(25)23-17-16(21)10-14(20)11-22-17/h6-12H,4-5H2,1-3H3,(H,22,23,25). The molecule has 11 heteroatoms. The van der Waals surface area contributed by atoms with E-state index in [0.717, 1.165) is 0 Å². The number of benzene rings is 1. The number of carbonyl (C=O) groups is 2. The Labute approximate surface area is 185 Å². The molecule has 1 heterocycles. The van der Waals surface area contributed by atoms with Crippen molar-refractivity contribution in [2.75, 3.05) is 18.4 Å². The summed E-state index contributed by atoms with van der Waals surface area (Å²) in [6.07, 6.45) is 0.121. The molecule has 0 spiro atoms. The van der Waals surface area contributed by atoms with Crippen molar-refractivity contribution in [1.29, 1.82) is 0 Å². The maximum Gasteiger partial charge on any atom is 0.338 e. The van der Waals surface area contributed by atoms with Gasteiger partial charge in [0.05, 0.1) is 20.5 Å². The second kappa shape index (κ2) is 10.2. The Morgan fingerprint density at radius 1 is 1.20 bits per heavy atom. The molecule has 1 atom stereocenters. The van der Waals surface area contributed by atoms with E-state index in [1.165, 1.54) is 47.8 Å². The summed E-state index contributed by atoms with van der Waals surface area (Å²) >= 11 is 11.7. The number of sulfonamides is 1. The highest BCUT2D eigenvalue weighted by Crippen LogP contribution is 2.23. The number of hydrogen-bond acceptors (Lipinski definition) is 6. The molecule has 1 aromatic carbocycles. The largest absolute Gasteiger partial charge is 0.449 e. The first-order valence-corrected chi connectivity index (χ1v) is 11.2. The molecule has 1 amide bonds. The van der Waals surface area contributed by atoms with E-state index in [9.17, 15) is 18.0 Å². The Bertz CT molecular complexity index is 1040. The Hall–Kier alpha value is -2.20. The van der Waals surface area contributed by atoms with Crippen LogP contribution in [0, 0.1) is 0 Å². The van der Waals surface area contributed by atoms with Crippen LogP contribution in [-0.2, 0) is 19.6 Å². The van der Waals surface area contributed by atoms with Crippen molar-refractivity contribution in [2.24, 2.45) is 0 Å². The fraction of sp³-hybridized carbons (Fsp3) is 0.316. The summed E-state index contributed by atoms with van der Waals surface area (Å²) in [5, 5.41) is 2.87. The summed E-state index contributed by atoms with van der Waals surface area (Å²) in [5.74, 6) is -1.43. The third-order valence-corrected chi connectivity index (χ3v) is 6.66. The minimum atomic E-state index is -3.74. The number of nitrogens with zero attached hydrogens (tertiary/aromatic N) is 2. The normalized spacial score (nSPS) is 12.5. The topological polar surface area (TPSA) is 106 Å². The van der Waals surface area contributed by atoms with Gasteiger partial charge in [-0.25, -0.2) is 18.2 Å². The maximum absolute atomic E-state index is 12.6. The molecule has 0 radical (unpaired) electrons. The summed E-state index contributed by atoms with van der Waals surface area (Å²) in [7, 11) is -3.74. The van der Waals surface area contributed by atoms with Crippen molar-refractivity contribution in [3.8, 4) is 0 Å². The van der Waals surface area contributed by atoms with Crippen LogP contribution < -0.4 is 5.32 Å². The molecular formula is C19H21Cl2N3O5S. The van der Waals surface area contributed by atoms with Gasteiger partial charge >= 0.3 is 5.97 Å². The van der Waals surface area contributed by atoms with E-state index < -0.39 is 28.0 Å². The van der Waals surface area contributed by atoms with Crippen LogP contribution in [0.4, 0.5) is 5.82 Å². The van der Waals surface area contributed by atoms with Crippen molar-refractivity contribution >= 4 is 50.9 Å². The van der Waals surface area contributed by atoms with Gasteiger partial charge in [0, 0.05) is 19.3 Å². The third kappa shape index (κ3) is 5.69. The zero-order chi connectivity index (χ0) is 22.5. The lowest BCUT2D eigenvalue weighted by Gasteiger charge is -2.19. The number of rotatable bonds is 8. The molecule has 0 aliphatic carbocycles. The first-order chi connectivity index (χ1) is 14.1. The van der Waals surface area contributed by atoms with Gasteiger partial charge in [-0.2, -0.15) is 4.31 Å². The van der Waals surface area contributed by atoms with Gasteiger partial charge < -0.3 is 10.1 Å². The summed E-state index contributed by atoms with van der Waals surface area (Å²) < 4.78 is 31.7. The first kappa shape index (κ1) is 24.1. The number of esters is 1. The quantitative estimate of drug-likeness (QED) is 0.586. The molecule has 0 aliphatic rings. The molecule has 162 valence electrons. The van der Waals surface area contributed by atoms with E-state index >= 15 is 0 Å². The van der Waals surface area contributed by atoms with Gasteiger partial charge in [-0.1, -0.05) is 43.1 Å². The number of ether oxygens (including phenoxy) is 1. The van der Waals surface area contributed by atoms with E-state index in [1.54, 1.807) is 13.8 Å². The van der Waals surface area contributed by atoms with Crippen LogP contribution in [0.2, 0.25) is 10.0 Å². The Morgan fingerprint density at radius 2 is 1.87 bits per heavy atom. The summed E-state index contributed by atoms with van der Waals surface area (Å²) in [6, 6.07) is 6.87. The highest BCUT2D eigenvalue weighted by atomic mass is 35.5. The predicted octanol–water partition coefficient (Wildman–Crippen LogP) is 3.60.